The molecule has 3 heterocycles. The smallest absolute Gasteiger partial charge is 0.0931 e. The Kier molecular flexibility index (Phi) is 4.24. The summed E-state index contributed by atoms with van der Waals surface area (Å²) in [6, 6.07) is 4.98. The first-order valence-electron chi connectivity index (χ1n) is 7.01. The quantitative estimate of drug-likeness (QED) is 0.916. The van der Waals surface area contributed by atoms with Gasteiger partial charge in [0.25, 0.3) is 0 Å². The molecule has 2 nitrogen and oxygen atoms in total. The monoisotopic (exact) mass is 284 g/mol. The van der Waals surface area contributed by atoms with E-state index in [2.05, 4.69) is 16.3 Å². The predicted molar refractivity (Wildman–Crippen MR) is 78.4 cm³/mol. The van der Waals surface area contributed by atoms with Gasteiger partial charge in [-0.25, -0.2) is 0 Å². The molecule has 1 unspecified atom stereocenters. The molecule has 0 saturated carbocycles. The second-order valence-electron chi connectivity index (χ2n) is 5.52. The third-order valence-electron chi connectivity index (χ3n) is 4.31. The standard InChI is InChI=1S/C14H21ClN2S/c15-14-4-3-12(18-14)10-17-8-5-11(6-9-17)13-2-1-7-16-13/h3-4,11,13,16H,1-2,5-10H2. The van der Waals surface area contributed by atoms with E-state index in [-0.39, 0.29) is 0 Å². The molecule has 18 heavy (non-hydrogen) atoms. The molecule has 0 aliphatic carbocycles. The topological polar surface area (TPSA) is 15.3 Å². The highest BCUT2D eigenvalue weighted by atomic mass is 35.5. The third-order valence-corrected chi connectivity index (χ3v) is 5.52. The molecule has 1 N–H and O–H groups in total. The Morgan fingerprint density at radius 2 is 2.11 bits per heavy atom. The first-order valence-corrected chi connectivity index (χ1v) is 8.20. The summed E-state index contributed by atoms with van der Waals surface area (Å²) < 4.78 is 0.912. The van der Waals surface area contributed by atoms with Crippen LogP contribution in [-0.2, 0) is 6.54 Å². The van der Waals surface area contributed by atoms with Crippen molar-refractivity contribution in [3.63, 3.8) is 0 Å². The number of likely N-dealkylation sites (tertiary alicyclic amines) is 1. The number of thiophene rings is 1. The molecule has 3 rings (SSSR count). The normalized spacial score (nSPS) is 26.8. The van der Waals surface area contributed by atoms with Gasteiger partial charge >= 0.3 is 0 Å². The summed E-state index contributed by atoms with van der Waals surface area (Å²) in [4.78, 5) is 3.98. The zero-order valence-corrected chi connectivity index (χ0v) is 12.3. The summed E-state index contributed by atoms with van der Waals surface area (Å²) >= 11 is 7.70. The van der Waals surface area contributed by atoms with E-state index in [0.717, 1.165) is 22.8 Å². The lowest BCUT2D eigenvalue weighted by molar-refractivity contribution is 0.158. The van der Waals surface area contributed by atoms with E-state index in [1.54, 1.807) is 11.3 Å². The molecule has 2 aliphatic rings. The Labute approximate surface area is 118 Å². The molecule has 1 aromatic rings. The summed E-state index contributed by atoms with van der Waals surface area (Å²) in [5.74, 6) is 0.913. The predicted octanol–water partition coefficient (Wildman–Crippen LogP) is 3.37. The van der Waals surface area contributed by atoms with Crippen molar-refractivity contribution < 1.29 is 0 Å². The van der Waals surface area contributed by atoms with Crippen molar-refractivity contribution in [1.82, 2.24) is 10.2 Å². The summed E-state index contributed by atoms with van der Waals surface area (Å²) in [7, 11) is 0. The molecule has 0 radical (unpaired) electrons. The zero-order chi connectivity index (χ0) is 12.4. The minimum atomic E-state index is 0.809. The number of hydrogen-bond donors (Lipinski definition) is 1. The van der Waals surface area contributed by atoms with Crippen molar-refractivity contribution in [2.24, 2.45) is 5.92 Å². The number of rotatable bonds is 3. The van der Waals surface area contributed by atoms with E-state index in [1.807, 2.05) is 6.07 Å². The summed E-state index contributed by atoms with van der Waals surface area (Å²) in [5.41, 5.74) is 0. The number of hydrogen-bond acceptors (Lipinski definition) is 3. The average Bonchev–Trinajstić information content (AvgIpc) is 3.02. The van der Waals surface area contributed by atoms with Crippen LogP contribution in [0.4, 0.5) is 0 Å². The maximum absolute atomic E-state index is 5.98. The second-order valence-corrected chi connectivity index (χ2v) is 7.32. The Balaban J connectivity index is 1.47. The number of nitrogens with one attached hydrogen (secondary N) is 1. The fourth-order valence-corrected chi connectivity index (χ4v) is 4.41. The summed E-state index contributed by atoms with van der Waals surface area (Å²) in [5, 5.41) is 3.66. The number of halogens is 1. The van der Waals surface area contributed by atoms with Crippen LogP contribution < -0.4 is 5.32 Å². The van der Waals surface area contributed by atoms with Gasteiger partial charge in [0.05, 0.1) is 4.34 Å². The van der Waals surface area contributed by atoms with Crippen molar-refractivity contribution in [2.75, 3.05) is 19.6 Å². The molecule has 0 spiro atoms. The van der Waals surface area contributed by atoms with Gasteiger partial charge in [0.15, 0.2) is 0 Å². The van der Waals surface area contributed by atoms with Gasteiger partial charge in [0.2, 0.25) is 0 Å². The molecule has 2 aliphatic heterocycles. The van der Waals surface area contributed by atoms with E-state index >= 15 is 0 Å². The molecule has 1 aromatic heterocycles. The first-order chi connectivity index (χ1) is 8.81. The van der Waals surface area contributed by atoms with E-state index < -0.39 is 0 Å². The summed E-state index contributed by atoms with van der Waals surface area (Å²) in [6.07, 6.45) is 5.48. The van der Waals surface area contributed by atoms with Crippen molar-refractivity contribution in [1.29, 1.82) is 0 Å². The second kappa shape index (κ2) is 5.91. The van der Waals surface area contributed by atoms with Crippen LogP contribution in [0.2, 0.25) is 4.34 Å². The van der Waals surface area contributed by atoms with Crippen LogP contribution in [0, 0.1) is 5.92 Å². The van der Waals surface area contributed by atoms with Gasteiger partial charge in [-0.3, -0.25) is 4.90 Å². The molecule has 0 aromatic carbocycles. The fraction of sp³-hybridized carbons (Fsp3) is 0.714. The van der Waals surface area contributed by atoms with E-state index in [4.69, 9.17) is 11.6 Å². The lowest BCUT2D eigenvalue weighted by Crippen LogP contribution is -2.40. The van der Waals surface area contributed by atoms with Gasteiger partial charge < -0.3 is 5.32 Å². The van der Waals surface area contributed by atoms with Crippen LogP contribution in [0.1, 0.15) is 30.6 Å². The maximum atomic E-state index is 5.98. The highest BCUT2D eigenvalue weighted by Gasteiger charge is 2.28. The molecule has 100 valence electrons. The Morgan fingerprint density at radius 1 is 1.28 bits per heavy atom. The SMILES string of the molecule is Clc1ccc(CN2CCC(C3CCCN3)CC2)s1. The minimum absolute atomic E-state index is 0.809. The van der Waals surface area contributed by atoms with Gasteiger partial charge in [-0.05, 0) is 63.4 Å². The summed E-state index contributed by atoms with van der Waals surface area (Å²) in [6.45, 7) is 4.82. The van der Waals surface area contributed by atoms with E-state index in [0.29, 0.717) is 0 Å². The van der Waals surface area contributed by atoms with Gasteiger partial charge in [-0.2, -0.15) is 0 Å². The maximum Gasteiger partial charge on any atom is 0.0931 e. The average molecular weight is 285 g/mol. The van der Waals surface area contributed by atoms with Crippen LogP contribution >= 0.6 is 22.9 Å². The minimum Gasteiger partial charge on any atom is -0.314 e. The van der Waals surface area contributed by atoms with E-state index in [9.17, 15) is 0 Å². The molecule has 4 heteroatoms. The largest absolute Gasteiger partial charge is 0.314 e. The lowest BCUT2D eigenvalue weighted by Gasteiger charge is -2.34. The van der Waals surface area contributed by atoms with Crippen LogP contribution in [0.3, 0.4) is 0 Å². The van der Waals surface area contributed by atoms with Gasteiger partial charge in [0, 0.05) is 17.5 Å². The van der Waals surface area contributed by atoms with Crippen LogP contribution in [-0.4, -0.2) is 30.6 Å². The van der Waals surface area contributed by atoms with Gasteiger partial charge in [-0.1, -0.05) is 11.6 Å². The Bertz CT molecular complexity index is 379. The van der Waals surface area contributed by atoms with Crippen molar-refractivity contribution in [2.45, 2.75) is 38.3 Å². The molecule has 2 fully saturated rings. The molecule has 0 bridgehead atoms. The molecular formula is C14H21ClN2S. The Hall–Kier alpha value is -0.0900. The van der Waals surface area contributed by atoms with Crippen LogP contribution in [0.25, 0.3) is 0 Å². The van der Waals surface area contributed by atoms with Crippen LogP contribution in [0.15, 0.2) is 12.1 Å². The fourth-order valence-electron chi connectivity index (χ4n) is 3.28. The number of nitrogens with zero attached hydrogens (tertiary/aromatic N) is 1. The van der Waals surface area contributed by atoms with Gasteiger partial charge in [-0.15, -0.1) is 11.3 Å². The van der Waals surface area contributed by atoms with Crippen molar-refractivity contribution >= 4 is 22.9 Å². The highest BCUT2D eigenvalue weighted by Crippen LogP contribution is 2.28. The number of piperidine rings is 1. The third kappa shape index (κ3) is 3.08. The Morgan fingerprint density at radius 3 is 2.72 bits per heavy atom. The van der Waals surface area contributed by atoms with Gasteiger partial charge in [0.1, 0.15) is 0 Å². The van der Waals surface area contributed by atoms with Crippen LogP contribution in [0.5, 0.6) is 0 Å². The molecular weight excluding hydrogens is 264 g/mol. The molecule has 1 atom stereocenters. The van der Waals surface area contributed by atoms with Crippen molar-refractivity contribution in [3.05, 3.63) is 21.3 Å². The molecule has 0 amide bonds. The highest BCUT2D eigenvalue weighted by molar-refractivity contribution is 7.16. The lowest BCUT2D eigenvalue weighted by atomic mass is 9.88. The molecule has 2 saturated heterocycles. The zero-order valence-electron chi connectivity index (χ0n) is 10.7. The first kappa shape index (κ1) is 12.9. The van der Waals surface area contributed by atoms with Crippen molar-refractivity contribution in [3.8, 4) is 0 Å². The van der Waals surface area contributed by atoms with E-state index in [1.165, 1.54) is 50.2 Å².